The number of aromatic amines is 1. The number of nitrogens with zero attached hydrogens (tertiary/aromatic N) is 4. The van der Waals surface area contributed by atoms with Crippen LogP contribution in [0.5, 0.6) is 11.5 Å². The molecule has 10 nitrogen and oxygen atoms in total. The Labute approximate surface area is 245 Å². The number of anilines is 2. The van der Waals surface area contributed by atoms with Crippen molar-refractivity contribution in [3.63, 3.8) is 0 Å². The molecule has 0 atom stereocenters. The maximum atomic E-state index is 12.6. The quantitative estimate of drug-likeness (QED) is 0.336. The molecule has 2 saturated heterocycles. The summed E-state index contributed by atoms with van der Waals surface area (Å²) in [6.07, 6.45) is 3.37. The van der Waals surface area contributed by atoms with Gasteiger partial charge in [-0.1, -0.05) is 6.07 Å². The number of nitrogen functional groups attached to an aromatic ring is 1. The van der Waals surface area contributed by atoms with Crippen molar-refractivity contribution in [2.75, 3.05) is 49.9 Å². The maximum Gasteiger partial charge on any atom is 0.410 e. The molecule has 2 fully saturated rings. The highest BCUT2D eigenvalue weighted by Crippen LogP contribution is 2.38. The largest absolute Gasteiger partial charge is 0.457 e. The number of pyridine rings is 1. The van der Waals surface area contributed by atoms with E-state index in [4.69, 9.17) is 15.2 Å². The molecule has 3 N–H and O–H groups in total. The lowest BCUT2D eigenvalue weighted by Crippen LogP contribution is -2.63. The van der Waals surface area contributed by atoms with Gasteiger partial charge in [0.15, 0.2) is 0 Å². The summed E-state index contributed by atoms with van der Waals surface area (Å²) in [7, 11) is 1.74. The van der Waals surface area contributed by atoms with Crippen LogP contribution < -0.4 is 20.9 Å². The molecule has 0 spiro atoms. The van der Waals surface area contributed by atoms with Gasteiger partial charge >= 0.3 is 6.09 Å². The molecule has 0 radical (unpaired) electrons. The Hall–Kier alpha value is -4.44. The van der Waals surface area contributed by atoms with Gasteiger partial charge < -0.3 is 34.6 Å². The van der Waals surface area contributed by atoms with Crippen LogP contribution in [0.15, 0.2) is 65.7 Å². The van der Waals surface area contributed by atoms with Crippen LogP contribution in [-0.2, 0) is 11.8 Å². The molecule has 0 bridgehead atoms. The molecular weight excluding hydrogens is 532 g/mol. The number of hydrogen-bond donors (Lipinski definition) is 2. The standard InChI is InChI=1S/C32H38N6O4/c1-32(2,3)42-31(40)37-14-12-36(13-15-37)23-18-38(19-23)22-6-5-7-24(17-22)41-28-9-8-21(33)16-26(28)27-20-35(4)30(39)29-25(27)10-11-34-29/h5-11,16-17,20,23,34H,12-15,18-19,33H2,1-4H3. The van der Waals surface area contributed by atoms with E-state index in [1.807, 2.05) is 63.4 Å². The number of rotatable bonds is 5. The number of carbonyl (C=O) groups is 1. The Balaban J connectivity index is 1.13. The number of H-pyrrole nitrogens is 1. The van der Waals surface area contributed by atoms with Crippen LogP contribution in [0.3, 0.4) is 0 Å². The second-order valence-corrected chi connectivity index (χ2v) is 12.1. The van der Waals surface area contributed by atoms with Gasteiger partial charge in [0.2, 0.25) is 0 Å². The number of ether oxygens (including phenoxy) is 2. The van der Waals surface area contributed by atoms with Crippen molar-refractivity contribution in [1.29, 1.82) is 0 Å². The molecule has 1 amide bonds. The summed E-state index contributed by atoms with van der Waals surface area (Å²) in [5, 5.41) is 0.820. The highest BCUT2D eigenvalue weighted by Gasteiger charge is 2.35. The van der Waals surface area contributed by atoms with Crippen molar-refractivity contribution < 1.29 is 14.3 Å². The first-order valence-corrected chi connectivity index (χ1v) is 14.4. The second-order valence-electron chi connectivity index (χ2n) is 12.1. The van der Waals surface area contributed by atoms with Gasteiger partial charge in [-0.3, -0.25) is 9.69 Å². The minimum atomic E-state index is -0.480. The molecule has 2 aromatic carbocycles. The lowest BCUT2D eigenvalue weighted by atomic mass is 10.0. The third kappa shape index (κ3) is 5.54. The van der Waals surface area contributed by atoms with E-state index in [2.05, 4.69) is 26.9 Å². The Kier molecular flexibility index (Phi) is 7.10. The molecule has 0 aliphatic carbocycles. The molecule has 10 heteroatoms. The van der Waals surface area contributed by atoms with Crippen molar-refractivity contribution in [2.45, 2.75) is 32.4 Å². The molecule has 2 aliphatic rings. The van der Waals surface area contributed by atoms with Gasteiger partial charge in [0.1, 0.15) is 22.6 Å². The van der Waals surface area contributed by atoms with Crippen LogP contribution in [-0.4, -0.2) is 76.4 Å². The molecular formula is C32H38N6O4. The Morgan fingerprint density at radius 3 is 2.50 bits per heavy atom. The predicted octanol–water partition coefficient (Wildman–Crippen LogP) is 4.65. The smallest absolute Gasteiger partial charge is 0.410 e. The highest BCUT2D eigenvalue weighted by molar-refractivity contribution is 5.96. The number of carbonyl (C=O) groups excluding carboxylic acids is 1. The normalized spacial score (nSPS) is 16.5. The Morgan fingerprint density at radius 2 is 1.76 bits per heavy atom. The first-order chi connectivity index (χ1) is 20.1. The minimum absolute atomic E-state index is 0.0874. The van der Waals surface area contributed by atoms with E-state index in [9.17, 15) is 9.59 Å². The van der Waals surface area contributed by atoms with E-state index >= 15 is 0 Å². The minimum Gasteiger partial charge on any atom is -0.457 e. The zero-order valence-electron chi connectivity index (χ0n) is 24.6. The predicted molar refractivity (Wildman–Crippen MR) is 165 cm³/mol. The van der Waals surface area contributed by atoms with Crippen LogP contribution in [0.1, 0.15) is 20.8 Å². The topological polar surface area (TPSA) is 109 Å². The number of nitrogens with one attached hydrogen (secondary N) is 1. The van der Waals surface area contributed by atoms with Gasteiger partial charge in [0.25, 0.3) is 5.56 Å². The molecule has 6 rings (SSSR count). The summed E-state index contributed by atoms with van der Waals surface area (Å²) in [5.41, 5.74) is 9.56. The van der Waals surface area contributed by atoms with Crippen molar-refractivity contribution in [1.82, 2.24) is 19.4 Å². The van der Waals surface area contributed by atoms with Gasteiger partial charge in [-0.15, -0.1) is 0 Å². The number of hydrogen-bond acceptors (Lipinski definition) is 7. The first-order valence-electron chi connectivity index (χ1n) is 14.4. The van der Waals surface area contributed by atoms with Gasteiger partial charge in [-0.25, -0.2) is 4.79 Å². The van der Waals surface area contributed by atoms with Crippen molar-refractivity contribution in [3.8, 4) is 22.6 Å². The second kappa shape index (κ2) is 10.8. The molecule has 4 heterocycles. The third-order valence-corrected chi connectivity index (χ3v) is 7.94. The summed E-state index contributed by atoms with van der Waals surface area (Å²) in [6.45, 7) is 10.6. The molecule has 42 heavy (non-hydrogen) atoms. The third-order valence-electron chi connectivity index (χ3n) is 7.94. The Morgan fingerprint density at radius 1 is 1.00 bits per heavy atom. The van der Waals surface area contributed by atoms with Crippen molar-refractivity contribution >= 4 is 28.4 Å². The monoisotopic (exact) mass is 570 g/mol. The summed E-state index contributed by atoms with van der Waals surface area (Å²) in [4.78, 5) is 34.7. The maximum absolute atomic E-state index is 12.6. The molecule has 4 aromatic rings. The van der Waals surface area contributed by atoms with E-state index in [0.29, 0.717) is 36.1 Å². The average Bonchev–Trinajstić information content (AvgIpc) is 3.41. The van der Waals surface area contributed by atoms with E-state index in [1.54, 1.807) is 22.7 Å². The fraction of sp³-hybridized carbons (Fsp3) is 0.375. The van der Waals surface area contributed by atoms with E-state index in [0.717, 1.165) is 54.1 Å². The summed E-state index contributed by atoms with van der Waals surface area (Å²) in [6, 6.07) is 16.0. The van der Waals surface area contributed by atoms with E-state index < -0.39 is 5.60 Å². The van der Waals surface area contributed by atoms with Crippen LogP contribution in [0.2, 0.25) is 0 Å². The van der Waals surface area contributed by atoms with Crippen LogP contribution in [0.4, 0.5) is 16.2 Å². The lowest BCUT2D eigenvalue weighted by molar-refractivity contribution is 0.00876. The fourth-order valence-electron chi connectivity index (χ4n) is 5.69. The zero-order valence-corrected chi connectivity index (χ0v) is 24.6. The summed E-state index contributed by atoms with van der Waals surface area (Å²) in [5.74, 6) is 1.38. The number of aromatic nitrogens is 2. The van der Waals surface area contributed by atoms with Gasteiger partial charge in [0.05, 0.1) is 0 Å². The molecule has 0 unspecified atom stereocenters. The number of piperazine rings is 1. The molecule has 2 aromatic heterocycles. The number of aryl methyl sites for hydroxylation is 1. The van der Waals surface area contributed by atoms with Crippen molar-refractivity contribution in [3.05, 3.63) is 71.3 Å². The zero-order chi connectivity index (χ0) is 29.6. The van der Waals surface area contributed by atoms with E-state index in [-0.39, 0.29) is 11.7 Å². The molecule has 0 saturated carbocycles. The molecule has 220 valence electrons. The average molecular weight is 571 g/mol. The number of amides is 1. The summed E-state index contributed by atoms with van der Waals surface area (Å²) >= 11 is 0. The number of nitrogens with two attached hydrogens (primary N) is 1. The highest BCUT2D eigenvalue weighted by atomic mass is 16.6. The molecule has 2 aliphatic heterocycles. The van der Waals surface area contributed by atoms with Crippen LogP contribution in [0.25, 0.3) is 22.0 Å². The van der Waals surface area contributed by atoms with Crippen LogP contribution in [0, 0.1) is 0 Å². The number of fused-ring (bicyclic) bond motifs is 1. The van der Waals surface area contributed by atoms with Gasteiger partial charge in [0, 0.05) is 98.7 Å². The van der Waals surface area contributed by atoms with Crippen LogP contribution >= 0.6 is 0 Å². The lowest BCUT2D eigenvalue weighted by Gasteiger charge is -2.49. The van der Waals surface area contributed by atoms with Gasteiger partial charge in [-0.05, 0) is 57.2 Å². The number of benzene rings is 2. The van der Waals surface area contributed by atoms with Gasteiger partial charge in [-0.2, -0.15) is 0 Å². The van der Waals surface area contributed by atoms with Crippen molar-refractivity contribution in [2.24, 2.45) is 7.05 Å². The first kappa shape index (κ1) is 27.7. The SMILES string of the molecule is Cn1cc(-c2cc(N)ccc2Oc2cccc(N3CC(N4CCN(C(=O)OC(C)(C)C)CC4)C3)c2)c2cc[nH]c2c1=O. The fourth-order valence-corrected chi connectivity index (χ4v) is 5.69. The van der Waals surface area contributed by atoms with E-state index in [1.165, 1.54) is 0 Å². The Bertz CT molecular complexity index is 1670. The summed E-state index contributed by atoms with van der Waals surface area (Å²) < 4.78 is 13.5.